The first-order valence-corrected chi connectivity index (χ1v) is 11.4. The lowest BCUT2D eigenvalue weighted by Crippen LogP contribution is -2.21. The van der Waals surface area contributed by atoms with Crippen LogP contribution in [-0.2, 0) is 7.05 Å². The summed E-state index contributed by atoms with van der Waals surface area (Å²) in [6.45, 7) is 8.21. The van der Waals surface area contributed by atoms with E-state index in [-0.39, 0.29) is 11.1 Å². The summed E-state index contributed by atoms with van der Waals surface area (Å²) < 4.78 is 20.9. The number of anilines is 1. The molecule has 4 aromatic rings. The number of halogens is 1. The molecule has 9 heteroatoms. The minimum Gasteiger partial charge on any atom is -0.419 e. The third kappa shape index (κ3) is 4.52. The molecule has 0 spiro atoms. The molecule has 0 saturated heterocycles. The highest BCUT2D eigenvalue weighted by atomic mass is 32.2. The Hall–Kier alpha value is -3.20. The van der Waals surface area contributed by atoms with Crippen LogP contribution in [0.1, 0.15) is 31.9 Å². The minimum atomic E-state index is -0.307. The molecule has 0 aliphatic heterocycles. The Morgan fingerprint density at radius 3 is 2.25 bits per heavy atom. The maximum absolute atomic E-state index is 13.1. The van der Waals surface area contributed by atoms with Gasteiger partial charge in [-0.15, -0.1) is 20.4 Å². The number of hydrogen-bond donors (Lipinski definition) is 0. The van der Waals surface area contributed by atoms with Gasteiger partial charge in [-0.1, -0.05) is 11.8 Å². The summed E-state index contributed by atoms with van der Waals surface area (Å²) in [5, 5.41) is 17.6. The first-order valence-electron chi connectivity index (χ1n) is 10.5. The molecule has 0 aliphatic rings. The standard InChI is InChI=1S/C23H25FN6OS/c1-5-30(6-2)19-13-9-16(10-14-19)20-25-28-23(29(20)4)32-15(3)21-26-27-22(31-21)17-7-11-18(24)12-8-17/h7-15H,5-6H2,1-4H3/t15-/m1/s1. The van der Waals surface area contributed by atoms with Gasteiger partial charge in [0.15, 0.2) is 11.0 Å². The van der Waals surface area contributed by atoms with Crippen LogP contribution in [0, 0.1) is 5.82 Å². The van der Waals surface area contributed by atoms with Crippen LogP contribution in [0.15, 0.2) is 58.1 Å². The predicted molar refractivity (Wildman–Crippen MR) is 124 cm³/mol. The molecule has 2 aromatic carbocycles. The minimum absolute atomic E-state index is 0.127. The summed E-state index contributed by atoms with van der Waals surface area (Å²) >= 11 is 1.49. The zero-order valence-corrected chi connectivity index (χ0v) is 19.3. The number of rotatable bonds is 8. The van der Waals surface area contributed by atoms with Crippen molar-refractivity contribution in [1.29, 1.82) is 0 Å². The van der Waals surface area contributed by atoms with E-state index >= 15 is 0 Å². The van der Waals surface area contributed by atoms with Gasteiger partial charge in [-0.2, -0.15) is 0 Å². The van der Waals surface area contributed by atoms with Crippen LogP contribution in [0.25, 0.3) is 22.8 Å². The highest BCUT2D eigenvalue weighted by Gasteiger charge is 2.20. The number of hydrogen-bond acceptors (Lipinski definition) is 7. The third-order valence-corrected chi connectivity index (χ3v) is 6.37. The summed E-state index contributed by atoms with van der Waals surface area (Å²) in [7, 11) is 1.94. The van der Waals surface area contributed by atoms with E-state index in [1.54, 1.807) is 12.1 Å². The van der Waals surface area contributed by atoms with Gasteiger partial charge >= 0.3 is 0 Å². The normalized spacial score (nSPS) is 12.2. The van der Waals surface area contributed by atoms with Crippen molar-refractivity contribution in [3.8, 4) is 22.8 Å². The monoisotopic (exact) mass is 452 g/mol. The Morgan fingerprint density at radius 1 is 0.938 bits per heavy atom. The van der Waals surface area contributed by atoms with Gasteiger partial charge < -0.3 is 13.9 Å². The van der Waals surface area contributed by atoms with E-state index in [2.05, 4.69) is 63.4 Å². The van der Waals surface area contributed by atoms with Crippen molar-refractivity contribution in [2.45, 2.75) is 31.2 Å². The molecule has 0 bridgehead atoms. The molecular formula is C23H25FN6OS. The van der Waals surface area contributed by atoms with Gasteiger partial charge in [0.2, 0.25) is 11.8 Å². The molecule has 2 heterocycles. The summed E-state index contributed by atoms with van der Waals surface area (Å²) in [5.74, 6) is 1.32. The van der Waals surface area contributed by atoms with Gasteiger partial charge in [-0.3, -0.25) is 0 Å². The molecule has 0 radical (unpaired) electrons. The maximum Gasteiger partial charge on any atom is 0.247 e. The second-order valence-corrected chi connectivity index (χ2v) is 8.60. The lowest BCUT2D eigenvalue weighted by molar-refractivity contribution is 0.508. The quantitative estimate of drug-likeness (QED) is 0.333. The van der Waals surface area contributed by atoms with E-state index in [0.29, 0.717) is 17.3 Å². The third-order valence-electron chi connectivity index (χ3n) is 5.25. The predicted octanol–water partition coefficient (Wildman–Crippen LogP) is 5.37. The number of nitrogens with zero attached hydrogens (tertiary/aromatic N) is 6. The maximum atomic E-state index is 13.1. The van der Waals surface area contributed by atoms with Crippen LogP contribution in [0.4, 0.5) is 10.1 Å². The highest BCUT2D eigenvalue weighted by Crippen LogP contribution is 2.35. The van der Waals surface area contributed by atoms with Crippen molar-refractivity contribution < 1.29 is 8.81 Å². The molecule has 0 amide bonds. The van der Waals surface area contributed by atoms with Gasteiger partial charge in [0, 0.05) is 37.0 Å². The van der Waals surface area contributed by atoms with Gasteiger partial charge in [0.25, 0.3) is 0 Å². The Labute approximate surface area is 190 Å². The van der Waals surface area contributed by atoms with Crippen LogP contribution < -0.4 is 4.90 Å². The molecule has 1 atom stereocenters. The molecule has 166 valence electrons. The SMILES string of the molecule is CCN(CC)c1ccc(-c2nnc(S[C@H](C)c3nnc(-c4ccc(F)cc4)o3)n2C)cc1. The topological polar surface area (TPSA) is 72.9 Å². The van der Waals surface area contributed by atoms with Crippen molar-refractivity contribution in [1.82, 2.24) is 25.0 Å². The fourth-order valence-corrected chi connectivity index (χ4v) is 4.24. The van der Waals surface area contributed by atoms with Crippen LogP contribution in [0.2, 0.25) is 0 Å². The lowest BCUT2D eigenvalue weighted by Gasteiger charge is -2.21. The van der Waals surface area contributed by atoms with Crippen molar-refractivity contribution in [3.05, 3.63) is 60.2 Å². The summed E-state index contributed by atoms with van der Waals surface area (Å²) in [6, 6.07) is 14.3. The molecule has 2 aromatic heterocycles. The van der Waals surface area contributed by atoms with Crippen LogP contribution >= 0.6 is 11.8 Å². The van der Waals surface area contributed by atoms with Crippen LogP contribution in [0.5, 0.6) is 0 Å². The molecule has 4 rings (SSSR count). The van der Waals surface area contributed by atoms with Crippen LogP contribution in [-0.4, -0.2) is 38.1 Å². The fraction of sp³-hybridized carbons (Fsp3) is 0.304. The molecule has 0 saturated carbocycles. The number of aromatic nitrogens is 5. The van der Waals surface area contributed by atoms with E-state index in [0.717, 1.165) is 29.6 Å². The van der Waals surface area contributed by atoms with Crippen molar-refractivity contribution in [2.24, 2.45) is 7.05 Å². The first kappa shape index (κ1) is 22.0. The summed E-state index contributed by atoms with van der Waals surface area (Å²) in [5.41, 5.74) is 2.88. The largest absolute Gasteiger partial charge is 0.419 e. The Kier molecular flexibility index (Phi) is 6.55. The first-order chi connectivity index (χ1) is 15.5. The summed E-state index contributed by atoms with van der Waals surface area (Å²) in [6.07, 6.45) is 0. The van der Waals surface area contributed by atoms with Crippen LogP contribution in [0.3, 0.4) is 0 Å². The highest BCUT2D eigenvalue weighted by molar-refractivity contribution is 7.99. The Morgan fingerprint density at radius 2 is 1.59 bits per heavy atom. The average Bonchev–Trinajstić information content (AvgIpc) is 3.44. The van der Waals surface area contributed by atoms with Gasteiger partial charge in [0.1, 0.15) is 5.82 Å². The second-order valence-electron chi connectivity index (χ2n) is 7.30. The zero-order valence-electron chi connectivity index (χ0n) is 18.5. The van der Waals surface area contributed by atoms with Gasteiger partial charge in [0.05, 0.1) is 5.25 Å². The van der Waals surface area contributed by atoms with E-state index < -0.39 is 0 Å². The lowest BCUT2D eigenvalue weighted by atomic mass is 10.2. The van der Waals surface area contributed by atoms with E-state index in [1.807, 2.05) is 18.5 Å². The zero-order chi connectivity index (χ0) is 22.7. The van der Waals surface area contributed by atoms with Gasteiger partial charge in [-0.25, -0.2) is 4.39 Å². The number of benzene rings is 2. The Bertz CT molecular complexity index is 1170. The van der Waals surface area contributed by atoms with E-state index in [9.17, 15) is 4.39 Å². The molecule has 0 unspecified atom stereocenters. The molecular weight excluding hydrogens is 427 g/mol. The molecule has 32 heavy (non-hydrogen) atoms. The van der Waals surface area contributed by atoms with Gasteiger partial charge in [-0.05, 0) is 69.3 Å². The molecule has 0 fully saturated rings. The number of thioether (sulfide) groups is 1. The Balaban J connectivity index is 1.48. The average molecular weight is 453 g/mol. The smallest absolute Gasteiger partial charge is 0.247 e. The second kappa shape index (κ2) is 9.52. The van der Waals surface area contributed by atoms with Crippen molar-refractivity contribution in [3.63, 3.8) is 0 Å². The summed E-state index contributed by atoms with van der Waals surface area (Å²) in [4.78, 5) is 2.30. The molecule has 0 N–H and O–H groups in total. The van der Waals surface area contributed by atoms with Crippen molar-refractivity contribution in [2.75, 3.05) is 18.0 Å². The molecule has 7 nitrogen and oxygen atoms in total. The molecule has 0 aliphatic carbocycles. The van der Waals surface area contributed by atoms with Crippen molar-refractivity contribution >= 4 is 17.4 Å². The fourth-order valence-electron chi connectivity index (χ4n) is 3.40. The van der Waals surface area contributed by atoms with E-state index in [4.69, 9.17) is 4.42 Å². The van der Waals surface area contributed by atoms with E-state index in [1.165, 1.54) is 29.6 Å².